The second-order valence-electron chi connectivity index (χ2n) is 10.1. The molecule has 0 fully saturated rings. The van der Waals surface area contributed by atoms with Crippen molar-refractivity contribution in [2.75, 3.05) is 0 Å². The van der Waals surface area contributed by atoms with Crippen molar-refractivity contribution in [1.82, 2.24) is 9.97 Å². The maximum absolute atomic E-state index is 7.31. The van der Waals surface area contributed by atoms with Crippen molar-refractivity contribution in [3.63, 3.8) is 0 Å². The summed E-state index contributed by atoms with van der Waals surface area (Å²) < 4.78 is 0. The molecular formula is C37H21N3. The molecule has 0 bridgehead atoms. The molecule has 0 radical (unpaired) electrons. The van der Waals surface area contributed by atoms with E-state index >= 15 is 0 Å². The van der Waals surface area contributed by atoms with Gasteiger partial charge in [-0.25, -0.2) is 9.83 Å². The van der Waals surface area contributed by atoms with Crippen molar-refractivity contribution in [2.24, 2.45) is 0 Å². The standard InChI is InChI=1S/C37H21N3/c1-38-26-17-14-23(15-18-26)27-20-21-30(29-9-3-2-8-28(27)29)37-32-19-16-24-12-13-25-7-6-22-39-36(25)34(24)35(32)31-10-4-5-11-33(31)40-37/h2-22H. The summed E-state index contributed by atoms with van der Waals surface area (Å²) in [4.78, 5) is 13.7. The summed E-state index contributed by atoms with van der Waals surface area (Å²) in [6.45, 7) is 7.31. The highest BCUT2D eigenvalue weighted by Crippen LogP contribution is 2.42. The molecule has 3 heteroatoms. The summed E-state index contributed by atoms with van der Waals surface area (Å²) in [7, 11) is 0. The number of hydrogen-bond acceptors (Lipinski definition) is 2. The molecule has 0 saturated carbocycles. The highest BCUT2D eigenvalue weighted by Gasteiger charge is 2.17. The molecule has 3 nitrogen and oxygen atoms in total. The highest BCUT2D eigenvalue weighted by atomic mass is 14.7. The van der Waals surface area contributed by atoms with E-state index < -0.39 is 0 Å². The average Bonchev–Trinajstić information content (AvgIpc) is 3.03. The molecule has 0 atom stereocenters. The van der Waals surface area contributed by atoms with Crippen LogP contribution >= 0.6 is 0 Å². The van der Waals surface area contributed by atoms with Crippen LogP contribution in [0, 0.1) is 6.57 Å². The summed E-state index contributed by atoms with van der Waals surface area (Å²) >= 11 is 0. The van der Waals surface area contributed by atoms with Crippen LogP contribution in [-0.2, 0) is 0 Å². The van der Waals surface area contributed by atoms with Crippen LogP contribution in [0.25, 0.3) is 81.4 Å². The zero-order chi connectivity index (χ0) is 26.6. The first-order valence-electron chi connectivity index (χ1n) is 13.3. The Kier molecular flexibility index (Phi) is 4.89. The van der Waals surface area contributed by atoms with Gasteiger partial charge in [-0.1, -0.05) is 109 Å². The van der Waals surface area contributed by atoms with Crippen molar-refractivity contribution >= 4 is 59.8 Å². The zero-order valence-electron chi connectivity index (χ0n) is 21.5. The number of nitrogens with zero attached hydrogens (tertiary/aromatic N) is 3. The van der Waals surface area contributed by atoms with Crippen LogP contribution in [0.3, 0.4) is 0 Å². The first-order chi connectivity index (χ1) is 19.8. The van der Waals surface area contributed by atoms with Gasteiger partial charge < -0.3 is 0 Å². The number of para-hydroxylation sites is 1. The van der Waals surface area contributed by atoms with Crippen LogP contribution in [0.5, 0.6) is 0 Å². The van der Waals surface area contributed by atoms with Crippen LogP contribution in [0.1, 0.15) is 0 Å². The fraction of sp³-hybridized carbons (Fsp3) is 0. The Morgan fingerprint density at radius 3 is 2.05 bits per heavy atom. The van der Waals surface area contributed by atoms with Crippen molar-refractivity contribution in [3.8, 4) is 22.4 Å². The van der Waals surface area contributed by atoms with E-state index in [1.54, 1.807) is 0 Å². The molecule has 0 aliphatic heterocycles. The minimum Gasteiger partial charge on any atom is -0.256 e. The second-order valence-corrected chi connectivity index (χ2v) is 10.1. The van der Waals surface area contributed by atoms with Crippen LogP contribution in [0.2, 0.25) is 0 Å². The number of aromatic nitrogens is 2. The Morgan fingerprint density at radius 2 is 1.23 bits per heavy atom. The lowest BCUT2D eigenvalue weighted by Crippen LogP contribution is -1.93. The van der Waals surface area contributed by atoms with Gasteiger partial charge in [-0.15, -0.1) is 0 Å². The summed E-state index contributed by atoms with van der Waals surface area (Å²) in [6.07, 6.45) is 1.88. The Bertz CT molecular complexity index is 2330. The van der Waals surface area contributed by atoms with E-state index in [0.717, 1.165) is 65.7 Å². The minimum atomic E-state index is 0.644. The van der Waals surface area contributed by atoms with Gasteiger partial charge in [0.2, 0.25) is 0 Å². The topological polar surface area (TPSA) is 30.1 Å². The Balaban J connectivity index is 1.50. The molecule has 8 aromatic rings. The van der Waals surface area contributed by atoms with E-state index in [1.807, 2.05) is 36.5 Å². The molecular weight excluding hydrogens is 486 g/mol. The molecule has 0 amide bonds. The van der Waals surface area contributed by atoms with E-state index in [9.17, 15) is 0 Å². The normalized spacial score (nSPS) is 11.5. The fourth-order valence-corrected chi connectivity index (χ4v) is 6.07. The molecule has 0 aliphatic carbocycles. The zero-order valence-corrected chi connectivity index (χ0v) is 21.5. The van der Waals surface area contributed by atoms with Gasteiger partial charge in [0.15, 0.2) is 5.69 Å². The average molecular weight is 508 g/mol. The first kappa shape index (κ1) is 22.4. The van der Waals surface area contributed by atoms with Gasteiger partial charge in [0.05, 0.1) is 23.3 Å². The maximum atomic E-state index is 7.31. The SMILES string of the molecule is [C-]#[N+]c1ccc(-c2ccc(-c3nc4ccccc4c4c3ccc3ccc5cccnc5c34)c3ccccc23)cc1. The minimum absolute atomic E-state index is 0.644. The number of rotatable bonds is 2. The van der Waals surface area contributed by atoms with E-state index in [4.69, 9.17) is 16.5 Å². The van der Waals surface area contributed by atoms with Crippen LogP contribution < -0.4 is 0 Å². The molecule has 2 heterocycles. The fourth-order valence-electron chi connectivity index (χ4n) is 6.07. The molecule has 0 unspecified atom stereocenters. The Labute approximate surface area is 230 Å². The number of hydrogen-bond donors (Lipinski definition) is 0. The molecule has 0 spiro atoms. The third-order valence-electron chi connectivity index (χ3n) is 7.90. The predicted octanol–water partition coefficient (Wildman–Crippen LogP) is 10.1. The van der Waals surface area contributed by atoms with Gasteiger partial charge in [-0.2, -0.15) is 0 Å². The van der Waals surface area contributed by atoms with Crippen molar-refractivity contribution < 1.29 is 0 Å². The smallest absolute Gasteiger partial charge is 0.187 e. The molecule has 0 saturated heterocycles. The molecule has 40 heavy (non-hydrogen) atoms. The van der Waals surface area contributed by atoms with Crippen LogP contribution in [0.15, 0.2) is 128 Å². The van der Waals surface area contributed by atoms with Gasteiger partial charge in [-0.3, -0.25) is 4.98 Å². The third kappa shape index (κ3) is 3.30. The Morgan fingerprint density at radius 1 is 0.525 bits per heavy atom. The maximum Gasteiger partial charge on any atom is 0.187 e. The summed E-state index contributed by atoms with van der Waals surface area (Å²) in [6, 6.07) is 42.0. The molecule has 0 N–H and O–H groups in total. The lowest BCUT2D eigenvalue weighted by Gasteiger charge is -2.16. The van der Waals surface area contributed by atoms with E-state index in [1.165, 1.54) is 10.8 Å². The van der Waals surface area contributed by atoms with Gasteiger partial charge >= 0.3 is 0 Å². The van der Waals surface area contributed by atoms with Crippen molar-refractivity contribution in [2.45, 2.75) is 0 Å². The quantitative estimate of drug-likeness (QED) is 0.172. The van der Waals surface area contributed by atoms with E-state index in [0.29, 0.717) is 5.69 Å². The second kappa shape index (κ2) is 8.73. The predicted molar refractivity (Wildman–Crippen MR) is 167 cm³/mol. The summed E-state index contributed by atoms with van der Waals surface area (Å²) in [5.41, 5.74) is 6.92. The number of pyridine rings is 2. The highest BCUT2D eigenvalue weighted by molar-refractivity contribution is 6.28. The third-order valence-corrected chi connectivity index (χ3v) is 7.90. The molecule has 0 aliphatic rings. The Hall–Kier alpha value is -5.59. The first-order valence-corrected chi connectivity index (χ1v) is 13.3. The number of benzene rings is 6. The molecule has 2 aromatic heterocycles. The van der Waals surface area contributed by atoms with Gasteiger partial charge in [0.25, 0.3) is 0 Å². The van der Waals surface area contributed by atoms with Crippen molar-refractivity contribution in [3.05, 3.63) is 139 Å². The van der Waals surface area contributed by atoms with Crippen molar-refractivity contribution in [1.29, 1.82) is 0 Å². The summed E-state index contributed by atoms with van der Waals surface area (Å²) in [5.74, 6) is 0. The van der Waals surface area contributed by atoms with Gasteiger partial charge in [0, 0.05) is 38.7 Å². The molecule has 8 rings (SSSR count). The number of fused-ring (bicyclic) bond motifs is 8. The lowest BCUT2D eigenvalue weighted by molar-refractivity contribution is 1.43. The lowest BCUT2D eigenvalue weighted by atomic mass is 9.90. The largest absolute Gasteiger partial charge is 0.256 e. The van der Waals surface area contributed by atoms with Gasteiger partial charge in [-0.05, 0) is 39.4 Å². The summed E-state index contributed by atoms with van der Waals surface area (Å²) in [5, 5.41) is 9.20. The van der Waals surface area contributed by atoms with E-state index in [2.05, 4.69) is 95.8 Å². The monoisotopic (exact) mass is 507 g/mol. The van der Waals surface area contributed by atoms with Crippen LogP contribution in [0.4, 0.5) is 5.69 Å². The van der Waals surface area contributed by atoms with Gasteiger partial charge in [0.1, 0.15) is 0 Å². The van der Waals surface area contributed by atoms with Crippen LogP contribution in [-0.4, -0.2) is 9.97 Å². The van der Waals surface area contributed by atoms with E-state index in [-0.39, 0.29) is 0 Å². The molecule has 6 aromatic carbocycles. The molecule has 184 valence electrons.